The van der Waals surface area contributed by atoms with E-state index in [2.05, 4.69) is 43.4 Å². The van der Waals surface area contributed by atoms with Gasteiger partial charge in [-0.05, 0) is 48.9 Å². The minimum atomic E-state index is 0.401. The second-order valence-corrected chi connectivity index (χ2v) is 4.82. The van der Waals surface area contributed by atoms with Crippen molar-refractivity contribution in [3.8, 4) is 0 Å². The van der Waals surface area contributed by atoms with Crippen molar-refractivity contribution in [2.45, 2.75) is 38.5 Å². The summed E-state index contributed by atoms with van der Waals surface area (Å²) >= 11 is 0. The van der Waals surface area contributed by atoms with E-state index in [0.717, 1.165) is 19.5 Å². The minimum absolute atomic E-state index is 0.401. The van der Waals surface area contributed by atoms with Crippen molar-refractivity contribution < 1.29 is 0 Å². The molecule has 1 aromatic carbocycles. The van der Waals surface area contributed by atoms with Gasteiger partial charge in [-0.2, -0.15) is 0 Å². The average Bonchev–Trinajstić information content (AvgIpc) is 2.30. The van der Waals surface area contributed by atoms with E-state index in [0.29, 0.717) is 5.41 Å². The second-order valence-electron chi connectivity index (χ2n) is 4.82. The Balaban J connectivity index is 2.34. The summed E-state index contributed by atoms with van der Waals surface area (Å²) in [5.74, 6) is 0. The summed E-state index contributed by atoms with van der Waals surface area (Å²) in [5, 5.41) is 3.45. The Labute approximate surface area is 92.9 Å². The average molecular weight is 203 g/mol. The SMILES string of the molecule is CCc1ccccc1C1(C)CCNCC1. The van der Waals surface area contributed by atoms with Crippen molar-refractivity contribution in [3.63, 3.8) is 0 Å². The predicted molar refractivity (Wildman–Crippen MR) is 65.3 cm³/mol. The quantitative estimate of drug-likeness (QED) is 0.779. The zero-order valence-corrected chi connectivity index (χ0v) is 9.84. The van der Waals surface area contributed by atoms with Gasteiger partial charge in [-0.15, -0.1) is 0 Å². The summed E-state index contributed by atoms with van der Waals surface area (Å²) in [6.07, 6.45) is 3.69. The zero-order chi connectivity index (χ0) is 10.7. The van der Waals surface area contributed by atoms with Crippen LogP contribution in [0.25, 0.3) is 0 Å². The summed E-state index contributed by atoms with van der Waals surface area (Å²) in [5.41, 5.74) is 3.51. The van der Waals surface area contributed by atoms with Crippen LogP contribution in [0.2, 0.25) is 0 Å². The number of hydrogen-bond donors (Lipinski definition) is 1. The van der Waals surface area contributed by atoms with Crippen LogP contribution in [0.3, 0.4) is 0 Å². The van der Waals surface area contributed by atoms with Gasteiger partial charge in [0.2, 0.25) is 0 Å². The molecule has 1 nitrogen and oxygen atoms in total. The van der Waals surface area contributed by atoms with Crippen molar-refractivity contribution >= 4 is 0 Å². The van der Waals surface area contributed by atoms with Crippen LogP contribution in [0.1, 0.15) is 37.8 Å². The van der Waals surface area contributed by atoms with Crippen LogP contribution in [0.15, 0.2) is 24.3 Å². The van der Waals surface area contributed by atoms with Gasteiger partial charge in [0, 0.05) is 0 Å². The maximum absolute atomic E-state index is 3.45. The molecule has 0 bridgehead atoms. The van der Waals surface area contributed by atoms with Crippen molar-refractivity contribution in [2.24, 2.45) is 0 Å². The van der Waals surface area contributed by atoms with E-state index >= 15 is 0 Å². The molecule has 1 fully saturated rings. The maximum atomic E-state index is 3.45. The molecule has 15 heavy (non-hydrogen) atoms. The third-order valence-corrected chi connectivity index (χ3v) is 3.76. The van der Waals surface area contributed by atoms with Gasteiger partial charge < -0.3 is 5.32 Å². The normalized spacial score (nSPS) is 20.1. The van der Waals surface area contributed by atoms with E-state index in [9.17, 15) is 0 Å². The molecule has 1 aliphatic rings. The van der Waals surface area contributed by atoms with Crippen LogP contribution in [-0.2, 0) is 11.8 Å². The molecule has 0 aliphatic carbocycles. The van der Waals surface area contributed by atoms with E-state index in [1.807, 2.05) is 0 Å². The topological polar surface area (TPSA) is 12.0 Å². The van der Waals surface area contributed by atoms with Gasteiger partial charge >= 0.3 is 0 Å². The molecule has 0 atom stereocenters. The Morgan fingerprint density at radius 1 is 1.20 bits per heavy atom. The van der Waals surface area contributed by atoms with E-state index < -0.39 is 0 Å². The molecular weight excluding hydrogens is 182 g/mol. The van der Waals surface area contributed by atoms with Crippen LogP contribution >= 0.6 is 0 Å². The highest BCUT2D eigenvalue weighted by Gasteiger charge is 2.29. The Morgan fingerprint density at radius 3 is 2.53 bits per heavy atom. The molecule has 1 saturated heterocycles. The van der Waals surface area contributed by atoms with E-state index in [1.165, 1.54) is 18.4 Å². The number of rotatable bonds is 2. The smallest absolute Gasteiger partial charge is 0.00405 e. The lowest BCUT2D eigenvalue weighted by Gasteiger charge is -2.36. The molecule has 1 heterocycles. The summed E-state index contributed by atoms with van der Waals surface area (Å²) < 4.78 is 0. The van der Waals surface area contributed by atoms with Crippen molar-refractivity contribution in [1.29, 1.82) is 0 Å². The van der Waals surface area contributed by atoms with Crippen LogP contribution in [0.4, 0.5) is 0 Å². The third-order valence-electron chi connectivity index (χ3n) is 3.76. The molecule has 0 spiro atoms. The highest BCUT2D eigenvalue weighted by atomic mass is 14.9. The zero-order valence-electron chi connectivity index (χ0n) is 9.84. The minimum Gasteiger partial charge on any atom is -0.317 e. The first kappa shape index (κ1) is 10.7. The van der Waals surface area contributed by atoms with Crippen molar-refractivity contribution in [2.75, 3.05) is 13.1 Å². The van der Waals surface area contributed by atoms with Gasteiger partial charge in [-0.3, -0.25) is 0 Å². The van der Waals surface area contributed by atoms with Crippen LogP contribution in [0, 0.1) is 0 Å². The molecular formula is C14H21N. The Morgan fingerprint density at radius 2 is 1.87 bits per heavy atom. The summed E-state index contributed by atoms with van der Waals surface area (Å²) in [7, 11) is 0. The molecule has 0 unspecified atom stereocenters. The second kappa shape index (κ2) is 4.36. The molecule has 0 saturated carbocycles. The standard InChI is InChI=1S/C14H21N/c1-3-12-6-4-5-7-13(12)14(2)8-10-15-11-9-14/h4-7,15H,3,8-11H2,1-2H3. The van der Waals surface area contributed by atoms with Crippen LogP contribution in [0.5, 0.6) is 0 Å². The number of nitrogens with one attached hydrogen (secondary N) is 1. The monoisotopic (exact) mass is 203 g/mol. The van der Waals surface area contributed by atoms with Gasteiger partial charge in [0.25, 0.3) is 0 Å². The lowest BCUT2D eigenvalue weighted by atomic mass is 9.73. The van der Waals surface area contributed by atoms with E-state index in [1.54, 1.807) is 5.56 Å². The molecule has 0 aromatic heterocycles. The molecule has 1 aromatic rings. The first-order chi connectivity index (χ1) is 7.26. The molecule has 1 heteroatoms. The lowest BCUT2D eigenvalue weighted by Crippen LogP contribution is -2.38. The fourth-order valence-corrected chi connectivity index (χ4v) is 2.67. The molecule has 0 amide bonds. The largest absolute Gasteiger partial charge is 0.317 e. The van der Waals surface area contributed by atoms with Crippen LogP contribution < -0.4 is 5.32 Å². The summed E-state index contributed by atoms with van der Waals surface area (Å²) in [6, 6.07) is 8.95. The molecule has 2 rings (SSSR count). The van der Waals surface area contributed by atoms with Crippen LogP contribution in [-0.4, -0.2) is 13.1 Å². The van der Waals surface area contributed by atoms with Gasteiger partial charge in [0.05, 0.1) is 0 Å². The lowest BCUT2D eigenvalue weighted by molar-refractivity contribution is 0.333. The number of benzene rings is 1. The summed E-state index contributed by atoms with van der Waals surface area (Å²) in [4.78, 5) is 0. The highest BCUT2D eigenvalue weighted by Crippen LogP contribution is 2.34. The summed E-state index contributed by atoms with van der Waals surface area (Å²) in [6.45, 7) is 6.99. The predicted octanol–water partition coefficient (Wildman–Crippen LogP) is 2.89. The Hall–Kier alpha value is -0.820. The first-order valence-electron chi connectivity index (χ1n) is 6.05. The third kappa shape index (κ3) is 2.07. The first-order valence-corrected chi connectivity index (χ1v) is 6.05. The van der Waals surface area contributed by atoms with Crippen molar-refractivity contribution in [3.05, 3.63) is 35.4 Å². The van der Waals surface area contributed by atoms with Gasteiger partial charge in [-0.1, -0.05) is 38.1 Å². The number of aryl methyl sites for hydroxylation is 1. The van der Waals surface area contributed by atoms with Gasteiger partial charge in [0.1, 0.15) is 0 Å². The fourth-order valence-electron chi connectivity index (χ4n) is 2.67. The number of hydrogen-bond acceptors (Lipinski definition) is 1. The molecule has 1 N–H and O–H groups in total. The fraction of sp³-hybridized carbons (Fsp3) is 0.571. The maximum Gasteiger partial charge on any atom is -0.00405 e. The Kier molecular flexibility index (Phi) is 3.11. The van der Waals surface area contributed by atoms with E-state index in [4.69, 9.17) is 0 Å². The molecule has 82 valence electrons. The van der Waals surface area contributed by atoms with Gasteiger partial charge in [0.15, 0.2) is 0 Å². The molecule has 1 aliphatic heterocycles. The van der Waals surface area contributed by atoms with Gasteiger partial charge in [-0.25, -0.2) is 0 Å². The highest BCUT2D eigenvalue weighted by molar-refractivity contribution is 5.34. The number of piperidine rings is 1. The van der Waals surface area contributed by atoms with Crippen molar-refractivity contribution in [1.82, 2.24) is 5.32 Å². The van der Waals surface area contributed by atoms with E-state index in [-0.39, 0.29) is 0 Å². The Bertz CT molecular complexity index is 324. The molecule has 0 radical (unpaired) electrons.